The average molecular weight is 191 g/mol. The first kappa shape index (κ1) is 8.87. The second kappa shape index (κ2) is 2.90. The molecule has 0 aromatic rings. The smallest absolute Gasteiger partial charge is 0.315 e. The van der Waals surface area contributed by atoms with Crippen LogP contribution >= 0.6 is 0 Å². The molecule has 0 unspecified atom stereocenters. The molecule has 13 heavy (non-hydrogen) atoms. The SMILES string of the molecule is O=C(C(F)F)N1CCOCC12CC2. The van der Waals surface area contributed by atoms with Gasteiger partial charge < -0.3 is 9.64 Å². The number of amides is 1. The van der Waals surface area contributed by atoms with Gasteiger partial charge in [-0.1, -0.05) is 0 Å². The Hall–Kier alpha value is -0.710. The van der Waals surface area contributed by atoms with Gasteiger partial charge in [0.05, 0.1) is 18.8 Å². The summed E-state index contributed by atoms with van der Waals surface area (Å²) in [5, 5.41) is 0. The minimum absolute atomic E-state index is 0.309. The molecule has 0 radical (unpaired) electrons. The van der Waals surface area contributed by atoms with Gasteiger partial charge in [-0.3, -0.25) is 4.79 Å². The molecular weight excluding hydrogens is 180 g/mol. The van der Waals surface area contributed by atoms with Crippen LogP contribution in [-0.2, 0) is 9.53 Å². The maximum Gasteiger partial charge on any atom is 0.315 e. The maximum atomic E-state index is 12.2. The van der Waals surface area contributed by atoms with E-state index in [1.807, 2.05) is 0 Å². The number of hydrogen-bond donors (Lipinski definition) is 0. The first-order valence-electron chi connectivity index (χ1n) is 4.33. The molecule has 3 nitrogen and oxygen atoms in total. The van der Waals surface area contributed by atoms with E-state index in [9.17, 15) is 13.6 Å². The van der Waals surface area contributed by atoms with Gasteiger partial charge in [-0.2, -0.15) is 8.78 Å². The number of halogens is 2. The van der Waals surface area contributed by atoms with E-state index in [1.165, 1.54) is 4.90 Å². The van der Waals surface area contributed by atoms with E-state index >= 15 is 0 Å². The van der Waals surface area contributed by atoms with Crippen LogP contribution < -0.4 is 0 Å². The van der Waals surface area contributed by atoms with Crippen molar-refractivity contribution in [3.63, 3.8) is 0 Å². The first-order valence-corrected chi connectivity index (χ1v) is 4.33. The molecule has 1 saturated carbocycles. The Balaban J connectivity index is 2.08. The predicted molar refractivity (Wildman–Crippen MR) is 40.5 cm³/mol. The highest BCUT2D eigenvalue weighted by Crippen LogP contribution is 2.43. The fourth-order valence-corrected chi connectivity index (χ4v) is 1.75. The van der Waals surface area contributed by atoms with Gasteiger partial charge in [0.25, 0.3) is 5.91 Å². The van der Waals surface area contributed by atoms with E-state index in [2.05, 4.69) is 0 Å². The molecule has 74 valence electrons. The van der Waals surface area contributed by atoms with Gasteiger partial charge >= 0.3 is 6.43 Å². The molecule has 0 atom stereocenters. The third-order valence-electron chi connectivity index (χ3n) is 2.68. The molecule has 1 amide bonds. The average Bonchev–Trinajstić information content (AvgIpc) is 2.85. The molecule has 1 aliphatic carbocycles. The van der Waals surface area contributed by atoms with Crippen molar-refractivity contribution in [3.05, 3.63) is 0 Å². The summed E-state index contributed by atoms with van der Waals surface area (Å²) in [6, 6.07) is 0. The number of morpholine rings is 1. The molecule has 2 fully saturated rings. The van der Waals surface area contributed by atoms with Crippen molar-refractivity contribution in [2.75, 3.05) is 19.8 Å². The second-order valence-electron chi connectivity index (χ2n) is 3.57. The Morgan fingerprint density at radius 2 is 2.15 bits per heavy atom. The number of alkyl halides is 2. The highest BCUT2D eigenvalue weighted by atomic mass is 19.3. The van der Waals surface area contributed by atoms with E-state index in [0.717, 1.165) is 12.8 Å². The molecule has 1 saturated heterocycles. The summed E-state index contributed by atoms with van der Waals surface area (Å²) in [5.41, 5.74) is -0.369. The van der Waals surface area contributed by atoms with Gasteiger partial charge in [0.15, 0.2) is 0 Å². The van der Waals surface area contributed by atoms with Crippen molar-refractivity contribution < 1.29 is 18.3 Å². The Bertz CT molecular complexity index is 228. The van der Waals surface area contributed by atoms with E-state index in [1.54, 1.807) is 0 Å². The zero-order valence-corrected chi connectivity index (χ0v) is 7.13. The molecule has 0 aromatic heterocycles. The summed E-state index contributed by atoms with van der Waals surface area (Å²) >= 11 is 0. The van der Waals surface area contributed by atoms with Crippen molar-refractivity contribution in [1.82, 2.24) is 4.90 Å². The second-order valence-corrected chi connectivity index (χ2v) is 3.57. The van der Waals surface area contributed by atoms with Gasteiger partial charge in [-0.05, 0) is 12.8 Å². The minimum atomic E-state index is -2.88. The maximum absolute atomic E-state index is 12.2. The van der Waals surface area contributed by atoms with Crippen LogP contribution in [0.15, 0.2) is 0 Å². The number of hydrogen-bond acceptors (Lipinski definition) is 2. The normalized spacial score (nSPS) is 25.3. The molecule has 2 aliphatic rings. The predicted octanol–water partition coefficient (Wildman–Crippen LogP) is 0.643. The Morgan fingerprint density at radius 1 is 1.46 bits per heavy atom. The molecule has 0 aromatic carbocycles. The topological polar surface area (TPSA) is 29.5 Å². The Morgan fingerprint density at radius 3 is 2.69 bits per heavy atom. The lowest BCUT2D eigenvalue weighted by Gasteiger charge is -2.35. The fraction of sp³-hybridized carbons (Fsp3) is 0.875. The van der Waals surface area contributed by atoms with Gasteiger partial charge in [0.1, 0.15) is 0 Å². The summed E-state index contributed by atoms with van der Waals surface area (Å²) in [5.74, 6) is -1.04. The van der Waals surface area contributed by atoms with Crippen LogP contribution in [0.25, 0.3) is 0 Å². The minimum Gasteiger partial charge on any atom is -0.377 e. The monoisotopic (exact) mass is 191 g/mol. The quantitative estimate of drug-likeness (QED) is 0.608. The lowest BCUT2D eigenvalue weighted by Crippen LogP contribution is -2.52. The third-order valence-corrected chi connectivity index (χ3v) is 2.68. The molecule has 2 rings (SSSR count). The fourth-order valence-electron chi connectivity index (χ4n) is 1.75. The van der Waals surface area contributed by atoms with Crippen LogP contribution in [0.4, 0.5) is 8.78 Å². The van der Waals surface area contributed by atoms with Crippen molar-refractivity contribution >= 4 is 5.91 Å². The van der Waals surface area contributed by atoms with Crippen molar-refractivity contribution in [2.24, 2.45) is 0 Å². The van der Waals surface area contributed by atoms with Crippen LogP contribution in [0.3, 0.4) is 0 Å². The van der Waals surface area contributed by atoms with E-state index < -0.39 is 12.3 Å². The zero-order valence-electron chi connectivity index (χ0n) is 7.13. The van der Waals surface area contributed by atoms with E-state index in [0.29, 0.717) is 19.8 Å². The number of ether oxygens (including phenoxy) is 1. The van der Waals surface area contributed by atoms with Crippen molar-refractivity contribution in [1.29, 1.82) is 0 Å². The molecule has 1 aliphatic heterocycles. The van der Waals surface area contributed by atoms with Crippen LogP contribution in [0.2, 0.25) is 0 Å². The van der Waals surface area contributed by atoms with Crippen LogP contribution in [0, 0.1) is 0 Å². The number of nitrogens with zero attached hydrogens (tertiary/aromatic N) is 1. The number of carbonyl (C=O) groups is 1. The van der Waals surface area contributed by atoms with Crippen molar-refractivity contribution in [3.8, 4) is 0 Å². The highest BCUT2D eigenvalue weighted by Gasteiger charge is 2.53. The Kier molecular flexibility index (Phi) is 1.98. The molecular formula is C8H11F2NO2. The summed E-state index contributed by atoms with van der Waals surface area (Å²) in [7, 11) is 0. The lowest BCUT2D eigenvalue weighted by atomic mass is 10.2. The molecule has 0 N–H and O–H groups in total. The number of rotatable bonds is 1. The van der Waals surface area contributed by atoms with Crippen LogP contribution in [0.1, 0.15) is 12.8 Å². The van der Waals surface area contributed by atoms with Gasteiger partial charge in [-0.15, -0.1) is 0 Å². The largest absolute Gasteiger partial charge is 0.377 e. The Labute approximate surface area is 74.6 Å². The standard InChI is InChI=1S/C8H11F2NO2/c9-6(10)7(12)11-3-4-13-5-8(11)1-2-8/h6H,1-5H2. The summed E-state index contributed by atoms with van der Waals surface area (Å²) < 4.78 is 29.5. The van der Waals surface area contributed by atoms with Crippen LogP contribution in [0.5, 0.6) is 0 Å². The summed E-state index contributed by atoms with van der Waals surface area (Å²) in [6.07, 6.45) is -1.28. The van der Waals surface area contributed by atoms with Crippen molar-refractivity contribution in [2.45, 2.75) is 24.8 Å². The third kappa shape index (κ3) is 1.41. The van der Waals surface area contributed by atoms with E-state index in [4.69, 9.17) is 4.74 Å². The molecule has 1 heterocycles. The molecule has 1 spiro atoms. The highest BCUT2D eigenvalue weighted by molar-refractivity contribution is 5.80. The van der Waals surface area contributed by atoms with Gasteiger partial charge in [0, 0.05) is 6.54 Å². The molecule has 0 bridgehead atoms. The summed E-state index contributed by atoms with van der Waals surface area (Å²) in [6.45, 7) is 1.11. The number of carbonyl (C=O) groups excluding carboxylic acids is 1. The first-order chi connectivity index (χ1) is 6.16. The zero-order chi connectivity index (χ0) is 9.47. The van der Waals surface area contributed by atoms with E-state index in [-0.39, 0.29) is 5.54 Å². The molecule has 5 heteroatoms. The van der Waals surface area contributed by atoms with Crippen LogP contribution in [-0.4, -0.2) is 42.5 Å². The van der Waals surface area contributed by atoms with Gasteiger partial charge in [-0.25, -0.2) is 0 Å². The summed E-state index contributed by atoms with van der Waals surface area (Å²) in [4.78, 5) is 12.4. The lowest BCUT2D eigenvalue weighted by molar-refractivity contribution is -0.153. The van der Waals surface area contributed by atoms with Gasteiger partial charge in [0.2, 0.25) is 0 Å².